The van der Waals surface area contributed by atoms with Gasteiger partial charge in [0.2, 0.25) is 0 Å². The Hall–Kier alpha value is -1.03. The summed E-state index contributed by atoms with van der Waals surface area (Å²) in [4.78, 5) is 12.4. The van der Waals surface area contributed by atoms with Gasteiger partial charge < -0.3 is 0 Å². The highest BCUT2D eigenvalue weighted by Crippen LogP contribution is 2.19. The average molecular weight is 224 g/mol. The molecule has 2 aromatic rings. The molecule has 0 radical (unpaired) electrons. The second-order valence-corrected chi connectivity index (χ2v) is 3.31. The normalized spacial score (nSPS) is 10.5. The second kappa shape index (κ2) is 2.79. The lowest BCUT2D eigenvalue weighted by Gasteiger charge is -1.99. The van der Waals surface area contributed by atoms with Crippen LogP contribution in [0.5, 0.6) is 0 Å². The first-order chi connectivity index (χ1) is 5.79. The minimum Gasteiger partial charge on any atom is -0.251 e. The van der Waals surface area contributed by atoms with Gasteiger partial charge in [-0.2, -0.15) is 0 Å². The van der Waals surface area contributed by atoms with Crippen LogP contribution in [0.2, 0.25) is 0 Å². The van der Waals surface area contributed by atoms with Gasteiger partial charge in [-0.05, 0) is 28.4 Å². The molecule has 2 heterocycles. The first kappa shape index (κ1) is 7.61. The fourth-order valence-electron chi connectivity index (χ4n) is 1.02. The predicted octanol–water partition coefficient (Wildman–Crippen LogP) is 2.10. The summed E-state index contributed by atoms with van der Waals surface area (Å²) in [5, 5.41) is 0. The lowest BCUT2D eigenvalue weighted by molar-refractivity contribution is 1.19. The zero-order valence-electron chi connectivity index (χ0n) is 6.45. The summed E-state index contributed by atoms with van der Waals surface area (Å²) in [5.41, 5.74) is 2.62. The Bertz CT molecular complexity index is 428. The molecule has 0 unspecified atom stereocenters. The highest BCUT2D eigenvalue weighted by molar-refractivity contribution is 9.10. The summed E-state index contributed by atoms with van der Waals surface area (Å²) in [6.45, 7) is 1.99. The summed E-state index contributed by atoms with van der Waals surface area (Å²) in [6, 6.07) is 0. The van der Waals surface area contributed by atoms with Crippen LogP contribution in [0.1, 0.15) is 5.56 Å². The Morgan fingerprint density at radius 3 is 2.75 bits per heavy atom. The summed E-state index contributed by atoms with van der Waals surface area (Å²) < 4.78 is 0.968. The first-order valence-electron chi connectivity index (χ1n) is 3.51. The molecule has 0 atom stereocenters. The molecule has 0 aliphatic carbocycles. The average Bonchev–Trinajstić information content (AvgIpc) is 2.12. The van der Waals surface area contributed by atoms with Crippen molar-refractivity contribution < 1.29 is 0 Å². The molecule has 2 aromatic heterocycles. The van der Waals surface area contributed by atoms with E-state index in [0.717, 1.165) is 15.6 Å². The summed E-state index contributed by atoms with van der Waals surface area (Å²) >= 11 is 3.39. The molecular weight excluding hydrogens is 218 g/mol. The van der Waals surface area contributed by atoms with Crippen molar-refractivity contribution >= 4 is 27.1 Å². The quantitative estimate of drug-likeness (QED) is 0.687. The van der Waals surface area contributed by atoms with E-state index in [9.17, 15) is 0 Å². The molecule has 0 aliphatic rings. The second-order valence-electron chi connectivity index (χ2n) is 2.46. The molecule has 0 aliphatic heterocycles. The largest absolute Gasteiger partial charge is 0.251 e. The van der Waals surface area contributed by atoms with E-state index in [1.54, 1.807) is 18.6 Å². The Kier molecular flexibility index (Phi) is 1.77. The smallest absolute Gasteiger partial charge is 0.178 e. The van der Waals surface area contributed by atoms with Gasteiger partial charge in [-0.1, -0.05) is 0 Å². The Morgan fingerprint density at radius 1 is 1.17 bits per heavy atom. The van der Waals surface area contributed by atoms with E-state index in [1.807, 2.05) is 6.92 Å². The fourth-order valence-corrected chi connectivity index (χ4v) is 1.31. The van der Waals surface area contributed by atoms with Crippen molar-refractivity contribution in [1.82, 2.24) is 15.0 Å². The van der Waals surface area contributed by atoms with Crippen molar-refractivity contribution in [2.24, 2.45) is 0 Å². The molecule has 3 nitrogen and oxygen atoms in total. The van der Waals surface area contributed by atoms with Gasteiger partial charge in [-0.3, -0.25) is 4.98 Å². The number of aryl methyl sites for hydroxylation is 1. The van der Waals surface area contributed by atoms with E-state index in [2.05, 4.69) is 30.9 Å². The molecule has 0 spiro atoms. The first-order valence-corrected chi connectivity index (χ1v) is 4.30. The molecule has 2 rings (SSSR count). The van der Waals surface area contributed by atoms with Gasteiger partial charge in [0.15, 0.2) is 5.65 Å². The fraction of sp³-hybridized carbons (Fsp3) is 0.125. The maximum atomic E-state index is 4.19. The van der Waals surface area contributed by atoms with E-state index < -0.39 is 0 Å². The molecule has 12 heavy (non-hydrogen) atoms. The number of halogens is 1. The highest BCUT2D eigenvalue weighted by Gasteiger charge is 2.02. The molecule has 0 fully saturated rings. The predicted molar refractivity (Wildman–Crippen MR) is 49.8 cm³/mol. The van der Waals surface area contributed by atoms with E-state index in [0.29, 0.717) is 5.65 Å². The summed E-state index contributed by atoms with van der Waals surface area (Å²) in [7, 11) is 0. The van der Waals surface area contributed by atoms with Crippen LogP contribution in [0.3, 0.4) is 0 Å². The van der Waals surface area contributed by atoms with Crippen LogP contribution in [0.25, 0.3) is 11.2 Å². The zero-order chi connectivity index (χ0) is 8.55. The van der Waals surface area contributed by atoms with Gasteiger partial charge in [0.25, 0.3) is 0 Å². The molecule has 0 aromatic carbocycles. The number of nitrogens with zero attached hydrogens (tertiary/aromatic N) is 3. The van der Waals surface area contributed by atoms with Gasteiger partial charge in [-0.25, -0.2) is 9.97 Å². The Labute approximate surface area is 78.0 Å². The van der Waals surface area contributed by atoms with Crippen molar-refractivity contribution in [1.29, 1.82) is 0 Å². The monoisotopic (exact) mass is 223 g/mol. The van der Waals surface area contributed by atoms with Crippen LogP contribution in [0, 0.1) is 6.92 Å². The Balaban J connectivity index is 2.91. The lowest BCUT2D eigenvalue weighted by atomic mass is 10.2. The third-order valence-electron chi connectivity index (χ3n) is 1.69. The van der Waals surface area contributed by atoms with Crippen LogP contribution in [0.15, 0.2) is 23.1 Å². The zero-order valence-corrected chi connectivity index (χ0v) is 8.04. The van der Waals surface area contributed by atoms with Crippen LogP contribution >= 0.6 is 15.9 Å². The molecule has 0 saturated carbocycles. The van der Waals surface area contributed by atoms with Crippen molar-refractivity contribution in [2.75, 3.05) is 0 Å². The van der Waals surface area contributed by atoms with Crippen LogP contribution in [0.4, 0.5) is 0 Å². The van der Waals surface area contributed by atoms with E-state index in [4.69, 9.17) is 0 Å². The third-order valence-corrected chi connectivity index (χ3v) is 2.49. The molecule has 0 saturated heterocycles. The van der Waals surface area contributed by atoms with Gasteiger partial charge in [0.1, 0.15) is 5.52 Å². The number of aromatic nitrogens is 3. The van der Waals surface area contributed by atoms with Crippen molar-refractivity contribution in [2.45, 2.75) is 6.92 Å². The van der Waals surface area contributed by atoms with Crippen molar-refractivity contribution in [3.8, 4) is 0 Å². The van der Waals surface area contributed by atoms with E-state index in [-0.39, 0.29) is 0 Å². The molecule has 0 N–H and O–H groups in total. The standard InChI is InChI=1S/C8H6BrN3/c1-5-6(9)4-12-8-7(5)10-2-3-11-8/h2-4H,1H3. The third kappa shape index (κ3) is 1.08. The number of hydrogen-bond acceptors (Lipinski definition) is 3. The van der Waals surface area contributed by atoms with Crippen molar-refractivity contribution in [3.05, 3.63) is 28.6 Å². The maximum absolute atomic E-state index is 4.19. The van der Waals surface area contributed by atoms with Gasteiger partial charge in [0, 0.05) is 23.1 Å². The molecule has 4 heteroatoms. The Morgan fingerprint density at radius 2 is 1.92 bits per heavy atom. The minimum atomic E-state index is 0.693. The lowest BCUT2D eigenvalue weighted by Crippen LogP contribution is -1.89. The van der Waals surface area contributed by atoms with Crippen LogP contribution < -0.4 is 0 Å². The highest BCUT2D eigenvalue weighted by atomic mass is 79.9. The topological polar surface area (TPSA) is 38.7 Å². The van der Waals surface area contributed by atoms with E-state index in [1.165, 1.54) is 0 Å². The number of hydrogen-bond donors (Lipinski definition) is 0. The number of fused-ring (bicyclic) bond motifs is 1. The number of pyridine rings is 1. The van der Waals surface area contributed by atoms with E-state index >= 15 is 0 Å². The number of rotatable bonds is 0. The SMILES string of the molecule is Cc1c(Br)cnc2nccnc12. The van der Waals surface area contributed by atoms with Crippen molar-refractivity contribution in [3.63, 3.8) is 0 Å². The van der Waals surface area contributed by atoms with Gasteiger partial charge in [-0.15, -0.1) is 0 Å². The molecule has 0 bridgehead atoms. The van der Waals surface area contributed by atoms with Gasteiger partial charge >= 0.3 is 0 Å². The maximum Gasteiger partial charge on any atom is 0.178 e. The van der Waals surface area contributed by atoms with Crippen LogP contribution in [-0.4, -0.2) is 15.0 Å². The minimum absolute atomic E-state index is 0.693. The van der Waals surface area contributed by atoms with Gasteiger partial charge in [0.05, 0.1) is 0 Å². The summed E-state index contributed by atoms with van der Waals surface area (Å²) in [5.74, 6) is 0. The van der Waals surface area contributed by atoms with Crippen LogP contribution in [-0.2, 0) is 0 Å². The summed E-state index contributed by atoms with van der Waals surface area (Å²) in [6.07, 6.45) is 5.05. The molecule has 60 valence electrons. The molecular formula is C8H6BrN3. The molecule has 0 amide bonds.